The Labute approximate surface area is 233 Å². The Bertz CT molecular complexity index is 1390. The molecule has 40 heavy (non-hydrogen) atoms. The number of carbonyl (C=O) groups is 1. The summed E-state index contributed by atoms with van der Waals surface area (Å²) in [5, 5.41) is 14.9. The van der Waals surface area contributed by atoms with Gasteiger partial charge in [0, 0.05) is 32.5 Å². The standard InChI is InChI=1S/C31H34N2O7/c1-32(33(2)19-8-6-5-7-9-19)11-10-20-21-14-24-25(40-17-39-24)15-22(21)28(29-23(20)16-38-31(29)35)18-12-26(36-3)30(34)27(13-18)37-4/h5-9,12-15,20,23,28-29,34H,10-11,16-17H2,1-4H3/t20-,23-,28-,29+/m1/s1. The Morgan fingerprint density at radius 2 is 1.57 bits per heavy atom. The number of aromatic hydroxyl groups is 1. The highest BCUT2D eigenvalue weighted by atomic mass is 16.7. The van der Waals surface area contributed by atoms with E-state index >= 15 is 0 Å². The molecule has 0 radical (unpaired) electrons. The number of phenols is 1. The average molecular weight is 547 g/mol. The van der Waals surface area contributed by atoms with Crippen molar-refractivity contribution in [2.24, 2.45) is 11.8 Å². The van der Waals surface area contributed by atoms with E-state index in [1.54, 1.807) is 12.1 Å². The number of fused-ring (bicyclic) bond motifs is 3. The minimum Gasteiger partial charge on any atom is -0.502 e. The molecule has 1 fully saturated rings. The maximum atomic E-state index is 13.4. The Hall–Kier alpha value is -4.11. The van der Waals surface area contributed by atoms with E-state index in [-0.39, 0.29) is 47.8 Å². The quantitative estimate of drug-likeness (QED) is 0.323. The van der Waals surface area contributed by atoms with Crippen LogP contribution in [0.5, 0.6) is 28.7 Å². The van der Waals surface area contributed by atoms with Crippen LogP contribution in [0.25, 0.3) is 0 Å². The number of esters is 1. The molecule has 3 aliphatic rings. The van der Waals surface area contributed by atoms with E-state index in [0.29, 0.717) is 18.1 Å². The largest absolute Gasteiger partial charge is 0.502 e. The number of hydrazine groups is 1. The molecule has 1 saturated heterocycles. The van der Waals surface area contributed by atoms with Crippen molar-refractivity contribution in [1.29, 1.82) is 0 Å². The van der Waals surface area contributed by atoms with E-state index in [4.69, 9.17) is 23.7 Å². The third-order valence-corrected chi connectivity index (χ3v) is 8.61. The van der Waals surface area contributed by atoms with E-state index in [0.717, 1.165) is 35.3 Å². The molecular formula is C31H34N2O7. The van der Waals surface area contributed by atoms with Gasteiger partial charge < -0.3 is 33.8 Å². The predicted octanol–water partition coefficient (Wildman–Crippen LogP) is 4.53. The number of benzene rings is 3. The number of anilines is 1. The summed E-state index contributed by atoms with van der Waals surface area (Å²) < 4.78 is 28.2. The molecule has 6 rings (SSSR count). The van der Waals surface area contributed by atoms with Gasteiger partial charge in [0.05, 0.1) is 32.4 Å². The molecule has 1 N–H and O–H groups in total. The van der Waals surface area contributed by atoms with Gasteiger partial charge in [0.1, 0.15) is 0 Å². The smallest absolute Gasteiger partial charge is 0.310 e. The van der Waals surface area contributed by atoms with Crippen molar-refractivity contribution in [3.63, 3.8) is 0 Å². The van der Waals surface area contributed by atoms with E-state index in [1.807, 2.05) is 24.3 Å². The number of hydrogen-bond acceptors (Lipinski definition) is 9. The van der Waals surface area contributed by atoms with Gasteiger partial charge in [-0.1, -0.05) is 18.2 Å². The van der Waals surface area contributed by atoms with Gasteiger partial charge in [-0.05, 0) is 65.4 Å². The van der Waals surface area contributed by atoms with E-state index < -0.39 is 5.92 Å². The van der Waals surface area contributed by atoms with Crippen LogP contribution in [0, 0.1) is 11.8 Å². The first-order valence-electron chi connectivity index (χ1n) is 13.5. The van der Waals surface area contributed by atoms with Crippen molar-refractivity contribution in [3.05, 3.63) is 71.3 Å². The number of cyclic esters (lactones) is 1. The number of carbonyl (C=O) groups excluding carboxylic acids is 1. The summed E-state index contributed by atoms with van der Waals surface area (Å²) in [5.41, 5.74) is 4.02. The van der Waals surface area contributed by atoms with Crippen LogP contribution in [0.2, 0.25) is 0 Å². The summed E-state index contributed by atoms with van der Waals surface area (Å²) in [6, 6.07) is 17.9. The molecule has 0 bridgehead atoms. The summed E-state index contributed by atoms with van der Waals surface area (Å²) in [4.78, 5) is 13.4. The second-order valence-corrected chi connectivity index (χ2v) is 10.5. The zero-order valence-electron chi connectivity index (χ0n) is 23.1. The molecule has 3 aromatic carbocycles. The van der Waals surface area contributed by atoms with Crippen LogP contribution >= 0.6 is 0 Å². The molecule has 0 aromatic heterocycles. The van der Waals surface area contributed by atoms with Crippen molar-refractivity contribution in [3.8, 4) is 28.7 Å². The van der Waals surface area contributed by atoms with Gasteiger partial charge in [-0.2, -0.15) is 0 Å². The summed E-state index contributed by atoms with van der Waals surface area (Å²) in [7, 11) is 7.12. The van der Waals surface area contributed by atoms with E-state index in [1.165, 1.54) is 14.2 Å². The molecule has 2 aliphatic heterocycles. The van der Waals surface area contributed by atoms with E-state index in [9.17, 15) is 9.90 Å². The van der Waals surface area contributed by atoms with Crippen LogP contribution in [0.3, 0.4) is 0 Å². The van der Waals surface area contributed by atoms with Gasteiger partial charge in [0.25, 0.3) is 0 Å². The normalized spacial score (nSPS) is 22.5. The lowest BCUT2D eigenvalue weighted by molar-refractivity contribution is -0.141. The lowest BCUT2D eigenvalue weighted by atomic mass is 9.62. The van der Waals surface area contributed by atoms with Crippen molar-refractivity contribution in [2.75, 3.05) is 53.3 Å². The number of phenolic OH excluding ortho intramolecular Hbond substituents is 1. The molecule has 4 atom stereocenters. The second-order valence-electron chi connectivity index (χ2n) is 10.5. The van der Waals surface area contributed by atoms with Crippen molar-refractivity contribution < 1.29 is 33.6 Å². The van der Waals surface area contributed by atoms with Crippen molar-refractivity contribution >= 4 is 11.7 Å². The zero-order valence-corrected chi connectivity index (χ0v) is 23.1. The molecular weight excluding hydrogens is 512 g/mol. The first-order chi connectivity index (χ1) is 19.4. The van der Waals surface area contributed by atoms with Crippen LogP contribution in [0.4, 0.5) is 5.69 Å². The van der Waals surface area contributed by atoms with Gasteiger partial charge in [0.2, 0.25) is 12.5 Å². The maximum absolute atomic E-state index is 13.4. The minimum atomic E-state index is -0.408. The molecule has 210 valence electrons. The van der Waals surface area contributed by atoms with Crippen LogP contribution in [-0.2, 0) is 9.53 Å². The lowest BCUT2D eigenvalue weighted by Crippen LogP contribution is -2.40. The highest BCUT2D eigenvalue weighted by Gasteiger charge is 2.52. The van der Waals surface area contributed by atoms with Gasteiger partial charge in [0.15, 0.2) is 23.0 Å². The van der Waals surface area contributed by atoms with Crippen molar-refractivity contribution in [1.82, 2.24) is 5.01 Å². The number of ether oxygens (including phenoxy) is 5. The average Bonchev–Trinajstić information content (AvgIpc) is 3.60. The predicted molar refractivity (Wildman–Crippen MR) is 148 cm³/mol. The minimum absolute atomic E-state index is 0.0356. The third-order valence-electron chi connectivity index (χ3n) is 8.61. The molecule has 3 aromatic rings. The van der Waals surface area contributed by atoms with E-state index in [2.05, 4.69) is 42.3 Å². The van der Waals surface area contributed by atoms with Crippen LogP contribution in [-0.4, -0.2) is 64.3 Å². The Morgan fingerprint density at radius 1 is 0.925 bits per heavy atom. The van der Waals surface area contributed by atoms with Gasteiger partial charge in [-0.15, -0.1) is 0 Å². The summed E-state index contributed by atoms with van der Waals surface area (Å²) in [5.74, 6) is 0.917. The first kappa shape index (κ1) is 26.1. The summed E-state index contributed by atoms with van der Waals surface area (Å²) in [6.07, 6.45) is 0.813. The monoisotopic (exact) mass is 546 g/mol. The van der Waals surface area contributed by atoms with Crippen LogP contribution in [0.1, 0.15) is 34.9 Å². The third kappa shape index (κ3) is 4.34. The fraction of sp³-hybridized carbons (Fsp3) is 0.387. The Kier molecular flexibility index (Phi) is 6.83. The lowest BCUT2D eigenvalue weighted by Gasteiger charge is -2.40. The SMILES string of the molecule is COc1cc([C@@H]2c3cc4c(cc3[C@@H](CCN(C)N(C)c3ccccc3)[C@H]3COC(=O)[C@H]23)OCO4)cc(OC)c1O. The first-order valence-corrected chi connectivity index (χ1v) is 13.5. The fourth-order valence-electron chi connectivity index (χ4n) is 6.46. The summed E-state index contributed by atoms with van der Waals surface area (Å²) >= 11 is 0. The molecule has 9 nitrogen and oxygen atoms in total. The number of hydrogen-bond donors (Lipinski definition) is 1. The number of methoxy groups -OCH3 is 2. The topological polar surface area (TPSA) is 89.9 Å². The highest BCUT2D eigenvalue weighted by molar-refractivity contribution is 5.79. The molecule has 0 unspecified atom stereocenters. The van der Waals surface area contributed by atoms with Gasteiger partial charge in [-0.25, -0.2) is 5.01 Å². The molecule has 2 heterocycles. The molecule has 0 saturated carbocycles. The Balaban J connectivity index is 1.41. The van der Waals surface area contributed by atoms with Crippen molar-refractivity contribution in [2.45, 2.75) is 18.3 Å². The zero-order chi connectivity index (χ0) is 28.0. The molecule has 9 heteroatoms. The van der Waals surface area contributed by atoms with Gasteiger partial charge >= 0.3 is 5.97 Å². The number of nitrogens with zero attached hydrogens (tertiary/aromatic N) is 2. The number of para-hydroxylation sites is 1. The second kappa shape index (κ2) is 10.5. The fourth-order valence-corrected chi connectivity index (χ4v) is 6.46. The summed E-state index contributed by atoms with van der Waals surface area (Å²) in [6.45, 7) is 1.28. The van der Waals surface area contributed by atoms with Gasteiger partial charge in [-0.3, -0.25) is 4.79 Å². The maximum Gasteiger partial charge on any atom is 0.310 e. The van der Waals surface area contributed by atoms with Crippen LogP contribution in [0.15, 0.2) is 54.6 Å². The molecule has 1 aliphatic carbocycles. The van der Waals surface area contributed by atoms with Crippen LogP contribution < -0.4 is 24.0 Å². The highest BCUT2D eigenvalue weighted by Crippen LogP contribution is 2.57. The molecule has 0 spiro atoms. The number of rotatable bonds is 8. The molecule has 0 amide bonds. The Morgan fingerprint density at radius 3 is 2.23 bits per heavy atom.